The molecule has 40 heavy (non-hydrogen) atoms. The van der Waals surface area contributed by atoms with Crippen LogP contribution < -0.4 is 5.32 Å². The molecule has 1 amide bonds. The molecule has 1 saturated heterocycles. The van der Waals surface area contributed by atoms with Crippen molar-refractivity contribution in [1.82, 2.24) is 20.2 Å². The number of benzene rings is 2. The molecule has 1 N–H and O–H groups in total. The van der Waals surface area contributed by atoms with E-state index in [-0.39, 0.29) is 63.9 Å². The van der Waals surface area contributed by atoms with Crippen LogP contribution in [0.1, 0.15) is 54.7 Å². The molecule has 2 aliphatic rings. The highest BCUT2D eigenvalue weighted by molar-refractivity contribution is 6.31. The second-order valence-corrected chi connectivity index (χ2v) is 11.3. The van der Waals surface area contributed by atoms with Gasteiger partial charge in [0, 0.05) is 72.5 Å². The molecule has 1 aliphatic heterocycles. The summed E-state index contributed by atoms with van der Waals surface area (Å²) in [6.45, 7) is 0.418. The minimum Gasteiger partial charge on any atom is -0.348 e. The molecule has 0 atom stereocenters. The minimum atomic E-state index is -2.73. The molecule has 5 nitrogen and oxygen atoms in total. The molecule has 1 aliphatic carbocycles. The van der Waals surface area contributed by atoms with Crippen LogP contribution in [-0.4, -0.2) is 51.8 Å². The van der Waals surface area contributed by atoms with E-state index in [9.17, 15) is 22.4 Å². The van der Waals surface area contributed by atoms with Crippen LogP contribution in [0.4, 0.5) is 17.6 Å². The van der Waals surface area contributed by atoms with Crippen LogP contribution in [0.3, 0.4) is 0 Å². The molecule has 0 radical (unpaired) electrons. The van der Waals surface area contributed by atoms with E-state index in [1.54, 1.807) is 48.5 Å². The third kappa shape index (κ3) is 6.93. The van der Waals surface area contributed by atoms with Crippen LogP contribution in [0.25, 0.3) is 22.5 Å². The summed E-state index contributed by atoms with van der Waals surface area (Å²) in [4.78, 5) is 25.1. The lowest BCUT2D eigenvalue weighted by Crippen LogP contribution is -2.42. The number of alkyl halides is 4. The number of likely N-dealkylation sites (tertiary alicyclic amines) is 1. The number of nitrogens with zero attached hydrogens (tertiary/aromatic N) is 3. The van der Waals surface area contributed by atoms with E-state index in [4.69, 9.17) is 33.2 Å². The lowest BCUT2D eigenvalue weighted by Gasteiger charge is -2.32. The Morgan fingerprint density at radius 3 is 1.80 bits per heavy atom. The van der Waals surface area contributed by atoms with Crippen LogP contribution in [-0.2, 0) is 6.54 Å². The summed E-state index contributed by atoms with van der Waals surface area (Å²) in [6, 6.07) is 13.5. The number of hydrogen-bond donors (Lipinski definition) is 1. The van der Waals surface area contributed by atoms with Gasteiger partial charge in [-0.2, -0.15) is 0 Å². The highest BCUT2D eigenvalue weighted by Gasteiger charge is 2.37. The van der Waals surface area contributed by atoms with Gasteiger partial charge in [-0.1, -0.05) is 47.5 Å². The molecule has 2 heterocycles. The maximum atomic E-state index is 13.8. The maximum absolute atomic E-state index is 13.8. The smallest absolute Gasteiger partial charge is 0.272 e. The fourth-order valence-electron chi connectivity index (χ4n) is 5.07. The number of carbonyl (C=O) groups is 1. The quantitative estimate of drug-likeness (QED) is 0.298. The normalized spacial score (nSPS) is 19.4. The molecular formula is C29H28Cl2F4N4O. The standard InChI is InChI=1S/C29H28Cl2F4N4O/c30-20-5-1-18(2-6-20)24-25(19-3-7-21(31)8-4-19)38-26(27(40)36-22-9-11-28(32,33)12-10-22)23(37-24)17-39-15-13-29(34,35)14-16-39/h1-8,22H,9-17H2,(H,36,40). The van der Waals surface area contributed by atoms with Crippen LogP contribution in [0.2, 0.25) is 10.0 Å². The van der Waals surface area contributed by atoms with Gasteiger partial charge in [-0.15, -0.1) is 0 Å². The molecule has 0 bridgehead atoms. The van der Waals surface area contributed by atoms with E-state index in [0.29, 0.717) is 38.3 Å². The van der Waals surface area contributed by atoms with Crippen molar-refractivity contribution in [3.05, 3.63) is 70.0 Å². The number of aromatic nitrogens is 2. The summed E-state index contributed by atoms with van der Waals surface area (Å²) in [7, 11) is 0. The first kappa shape index (κ1) is 28.8. The van der Waals surface area contributed by atoms with Gasteiger partial charge in [-0.3, -0.25) is 9.69 Å². The number of hydrogen-bond acceptors (Lipinski definition) is 4. The average molecular weight is 595 g/mol. The Balaban J connectivity index is 1.56. The molecule has 2 fully saturated rings. The zero-order chi connectivity index (χ0) is 28.5. The predicted octanol–water partition coefficient (Wildman–Crippen LogP) is 7.66. The van der Waals surface area contributed by atoms with Crippen LogP contribution in [0.15, 0.2) is 48.5 Å². The van der Waals surface area contributed by atoms with Gasteiger partial charge in [0.25, 0.3) is 11.8 Å². The van der Waals surface area contributed by atoms with Crippen molar-refractivity contribution in [2.75, 3.05) is 13.1 Å². The summed E-state index contributed by atoms with van der Waals surface area (Å²) in [6.07, 6.45) is -0.879. The second-order valence-electron chi connectivity index (χ2n) is 10.5. The largest absolute Gasteiger partial charge is 0.348 e. The van der Waals surface area contributed by atoms with E-state index in [2.05, 4.69) is 5.32 Å². The van der Waals surface area contributed by atoms with Crippen molar-refractivity contribution in [3.8, 4) is 22.5 Å². The molecule has 1 saturated carbocycles. The van der Waals surface area contributed by atoms with E-state index >= 15 is 0 Å². The summed E-state index contributed by atoms with van der Waals surface area (Å²) >= 11 is 12.2. The lowest BCUT2D eigenvalue weighted by atomic mass is 9.92. The van der Waals surface area contributed by atoms with E-state index in [0.717, 1.165) is 0 Å². The number of halogens is 6. The molecule has 212 valence electrons. The Labute approximate surface area is 239 Å². The number of nitrogens with one attached hydrogen (secondary N) is 1. The van der Waals surface area contributed by atoms with Gasteiger partial charge in [-0.05, 0) is 37.1 Å². The number of amides is 1. The summed E-state index contributed by atoms with van der Waals surface area (Å²) in [5, 5.41) is 3.93. The molecule has 2 aromatic carbocycles. The maximum Gasteiger partial charge on any atom is 0.272 e. The molecule has 1 aromatic heterocycles. The molecular weight excluding hydrogens is 567 g/mol. The highest BCUT2D eigenvalue weighted by atomic mass is 35.5. The molecule has 0 unspecified atom stereocenters. The zero-order valence-electron chi connectivity index (χ0n) is 21.6. The SMILES string of the molecule is O=C(NC1CCC(F)(F)CC1)c1nc(-c2ccc(Cl)cc2)c(-c2ccc(Cl)cc2)nc1CN1CCC(F)(F)CC1. The van der Waals surface area contributed by atoms with Gasteiger partial charge in [0.05, 0.1) is 17.1 Å². The lowest BCUT2D eigenvalue weighted by molar-refractivity contribution is -0.0569. The number of carbonyl (C=O) groups excluding carboxylic acids is 1. The number of rotatable bonds is 6. The predicted molar refractivity (Wildman–Crippen MR) is 147 cm³/mol. The van der Waals surface area contributed by atoms with Crippen molar-refractivity contribution >= 4 is 29.1 Å². The highest BCUT2D eigenvalue weighted by Crippen LogP contribution is 2.35. The van der Waals surface area contributed by atoms with Gasteiger partial charge in [0.1, 0.15) is 0 Å². The van der Waals surface area contributed by atoms with Gasteiger partial charge in [-0.25, -0.2) is 27.5 Å². The summed E-state index contributed by atoms with van der Waals surface area (Å²) in [5.41, 5.74) is 2.65. The molecule has 5 rings (SSSR count). The van der Waals surface area contributed by atoms with Gasteiger partial charge in [0.15, 0.2) is 5.69 Å². The van der Waals surface area contributed by atoms with Crippen molar-refractivity contribution in [3.63, 3.8) is 0 Å². The fourth-order valence-corrected chi connectivity index (χ4v) is 5.32. The Morgan fingerprint density at radius 2 is 1.27 bits per heavy atom. The first-order valence-corrected chi connectivity index (χ1v) is 14.0. The van der Waals surface area contributed by atoms with Crippen molar-refractivity contribution < 1.29 is 22.4 Å². The van der Waals surface area contributed by atoms with Crippen LogP contribution >= 0.6 is 23.2 Å². The third-order valence-electron chi connectivity index (χ3n) is 7.43. The zero-order valence-corrected chi connectivity index (χ0v) is 23.1. The monoisotopic (exact) mass is 594 g/mol. The van der Waals surface area contributed by atoms with E-state index in [1.807, 2.05) is 4.90 Å². The van der Waals surface area contributed by atoms with Crippen molar-refractivity contribution in [2.24, 2.45) is 0 Å². The topological polar surface area (TPSA) is 58.1 Å². The summed E-state index contributed by atoms with van der Waals surface area (Å²) in [5.74, 6) is -5.99. The molecule has 11 heteroatoms. The number of piperidine rings is 1. The Kier molecular flexibility index (Phi) is 8.36. The van der Waals surface area contributed by atoms with Gasteiger partial charge < -0.3 is 5.32 Å². The van der Waals surface area contributed by atoms with E-state index < -0.39 is 23.8 Å². The molecule has 3 aromatic rings. The van der Waals surface area contributed by atoms with Gasteiger partial charge in [0.2, 0.25) is 5.92 Å². The Hall–Kier alpha value is -2.75. The summed E-state index contributed by atoms with van der Waals surface area (Å²) < 4.78 is 55.1. The Bertz CT molecular complexity index is 1350. The fraction of sp³-hybridized carbons (Fsp3) is 0.414. The average Bonchev–Trinajstić information content (AvgIpc) is 2.92. The third-order valence-corrected chi connectivity index (χ3v) is 7.94. The van der Waals surface area contributed by atoms with E-state index in [1.165, 1.54) is 0 Å². The first-order valence-electron chi connectivity index (χ1n) is 13.2. The molecule has 0 spiro atoms. The van der Waals surface area contributed by atoms with Crippen molar-refractivity contribution in [1.29, 1.82) is 0 Å². The second kappa shape index (κ2) is 11.6. The first-order chi connectivity index (χ1) is 19.0. The minimum absolute atomic E-state index is 0.0392. The van der Waals surface area contributed by atoms with Crippen LogP contribution in [0, 0.1) is 0 Å². The van der Waals surface area contributed by atoms with Gasteiger partial charge >= 0.3 is 0 Å². The van der Waals surface area contributed by atoms with Crippen LogP contribution in [0.5, 0.6) is 0 Å². The Morgan fingerprint density at radius 1 is 0.800 bits per heavy atom. The van der Waals surface area contributed by atoms with Crippen molar-refractivity contribution in [2.45, 2.75) is 63.0 Å².